The Kier molecular flexibility index (Phi) is 1.60. The molecule has 0 fully saturated rings. The maximum atomic E-state index is 5.30. The normalized spacial score (nSPS) is 14.9. The van der Waals surface area contributed by atoms with Crippen LogP contribution < -0.4 is 4.74 Å². The highest BCUT2D eigenvalue weighted by Gasteiger charge is 2.02. The van der Waals surface area contributed by atoms with Crippen molar-refractivity contribution in [2.24, 2.45) is 4.99 Å². The number of para-hydroxylation sites is 2. The van der Waals surface area contributed by atoms with Gasteiger partial charge in [0.2, 0.25) is 0 Å². The maximum absolute atomic E-state index is 5.30. The Morgan fingerprint density at radius 3 is 3.18 bits per heavy atom. The monoisotopic (exact) mass is 146 g/mol. The summed E-state index contributed by atoms with van der Waals surface area (Å²) in [6, 6.07) is 7.73. The highest BCUT2D eigenvalue weighted by atomic mass is 16.5. The Balaban J connectivity index is 2.45. The second-order valence-corrected chi connectivity index (χ2v) is 2.30. The van der Waals surface area contributed by atoms with Gasteiger partial charge in [0, 0.05) is 12.6 Å². The smallest absolute Gasteiger partial charge is 0.145 e. The fourth-order valence-corrected chi connectivity index (χ4v) is 0.995. The molecule has 0 bridgehead atoms. The summed E-state index contributed by atoms with van der Waals surface area (Å²) < 4.78 is 5.30. The molecule has 0 N–H and O–H groups in total. The molecule has 0 unspecified atom stereocenters. The van der Waals surface area contributed by atoms with Crippen LogP contribution in [-0.2, 0) is 0 Å². The van der Waals surface area contributed by atoms with Crippen molar-refractivity contribution < 1.29 is 4.74 Å². The lowest BCUT2D eigenvalue weighted by Gasteiger charge is -2.02. The summed E-state index contributed by atoms with van der Waals surface area (Å²) >= 11 is 0. The number of benzene rings is 1. The number of rotatable bonds is 0. The summed E-state index contributed by atoms with van der Waals surface area (Å²) in [5.74, 6) is 0.834. The SMILES string of the molecule is [CH]1CC=Nc2ccccc2O1. The average Bonchev–Trinajstić information content (AvgIpc) is 2.28. The van der Waals surface area contributed by atoms with E-state index in [1.807, 2.05) is 30.5 Å². The van der Waals surface area contributed by atoms with E-state index in [1.54, 1.807) is 6.61 Å². The van der Waals surface area contributed by atoms with Gasteiger partial charge in [0.25, 0.3) is 0 Å². The molecule has 0 aliphatic carbocycles. The minimum absolute atomic E-state index is 0.772. The Morgan fingerprint density at radius 2 is 2.18 bits per heavy atom. The van der Waals surface area contributed by atoms with Crippen molar-refractivity contribution >= 4 is 11.9 Å². The molecule has 0 amide bonds. The van der Waals surface area contributed by atoms with Gasteiger partial charge >= 0.3 is 0 Å². The van der Waals surface area contributed by atoms with Crippen LogP contribution in [0.1, 0.15) is 6.42 Å². The van der Waals surface area contributed by atoms with Gasteiger partial charge in [0.15, 0.2) is 0 Å². The zero-order valence-electron chi connectivity index (χ0n) is 6.03. The van der Waals surface area contributed by atoms with Gasteiger partial charge in [-0.15, -0.1) is 0 Å². The van der Waals surface area contributed by atoms with Crippen molar-refractivity contribution in [2.75, 3.05) is 0 Å². The first kappa shape index (κ1) is 6.40. The zero-order chi connectivity index (χ0) is 7.52. The lowest BCUT2D eigenvalue weighted by atomic mass is 10.3. The fraction of sp³-hybridized carbons (Fsp3) is 0.111. The molecule has 1 radical (unpaired) electrons. The van der Waals surface area contributed by atoms with E-state index in [4.69, 9.17) is 4.74 Å². The number of hydrogen-bond acceptors (Lipinski definition) is 2. The predicted octanol–water partition coefficient (Wildman–Crippen LogP) is 2.33. The molecule has 1 heterocycles. The number of aliphatic imine (C=N–C) groups is 1. The molecule has 0 spiro atoms. The third-order valence-electron chi connectivity index (χ3n) is 1.51. The lowest BCUT2D eigenvalue weighted by Crippen LogP contribution is -1.86. The van der Waals surface area contributed by atoms with Gasteiger partial charge in [-0.3, -0.25) is 4.99 Å². The molecule has 0 saturated heterocycles. The molecular weight excluding hydrogens is 138 g/mol. The predicted molar refractivity (Wildman–Crippen MR) is 44.1 cm³/mol. The molecule has 2 heteroatoms. The van der Waals surface area contributed by atoms with Crippen molar-refractivity contribution in [3.8, 4) is 5.75 Å². The molecule has 2 rings (SSSR count). The fourth-order valence-electron chi connectivity index (χ4n) is 0.995. The third kappa shape index (κ3) is 1.24. The standard InChI is InChI=1S/C9H8NO/c1-2-5-9-8(4-1)10-6-3-7-11-9/h1-2,4-7H,3H2. The van der Waals surface area contributed by atoms with Gasteiger partial charge in [-0.2, -0.15) is 0 Å². The van der Waals surface area contributed by atoms with E-state index >= 15 is 0 Å². The summed E-state index contributed by atoms with van der Waals surface area (Å²) in [6.07, 6.45) is 2.61. The third-order valence-corrected chi connectivity index (χ3v) is 1.51. The molecule has 0 atom stereocenters. The van der Waals surface area contributed by atoms with Crippen molar-refractivity contribution in [3.05, 3.63) is 30.9 Å². The number of fused-ring (bicyclic) bond motifs is 1. The Morgan fingerprint density at radius 1 is 1.27 bits per heavy atom. The molecule has 0 aromatic heterocycles. The first-order valence-electron chi connectivity index (χ1n) is 3.57. The summed E-state index contributed by atoms with van der Waals surface area (Å²) in [5.41, 5.74) is 0.904. The van der Waals surface area contributed by atoms with E-state index in [2.05, 4.69) is 4.99 Å². The van der Waals surface area contributed by atoms with E-state index in [0.717, 1.165) is 17.9 Å². The van der Waals surface area contributed by atoms with Crippen molar-refractivity contribution in [1.82, 2.24) is 0 Å². The number of ether oxygens (including phenoxy) is 1. The van der Waals surface area contributed by atoms with E-state index in [-0.39, 0.29) is 0 Å². The number of hydrogen-bond donors (Lipinski definition) is 0. The van der Waals surface area contributed by atoms with Crippen LogP contribution in [0.25, 0.3) is 0 Å². The summed E-state index contributed by atoms with van der Waals surface area (Å²) in [6.45, 7) is 1.75. The van der Waals surface area contributed by atoms with E-state index < -0.39 is 0 Å². The second-order valence-electron chi connectivity index (χ2n) is 2.30. The van der Waals surface area contributed by atoms with Gasteiger partial charge in [-0.1, -0.05) is 12.1 Å². The van der Waals surface area contributed by atoms with Gasteiger partial charge < -0.3 is 4.74 Å². The molecule has 1 aromatic rings. The van der Waals surface area contributed by atoms with Crippen LogP contribution in [-0.4, -0.2) is 6.21 Å². The zero-order valence-corrected chi connectivity index (χ0v) is 6.03. The highest BCUT2D eigenvalue weighted by molar-refractivity contribution is 5.68. The minimum Gasteiger partial charge on any atom is -0.484 e. The molecular formula is C9H8NO. The molecule has 0 saturated carbocycles. The quantitative estimate of drug-likeness (QED) is 0.550. The van der Waals surface area contributed by atoms with E-state index in [1.165, 1.54) is 0 Å². The largest absolute Gasteiger partial charge is 0.484 e. The van der Waals surface area contributed by atoms with Gasteiger partial charge in [0.05, 0.1) is 0 Å². The number of nitrogens with zero attached hydrogens (tertiary/aromatic N) is 1. The molecule has 1 aliphatic rings. The molecule has 55 valence electrons. The Labute approximate surface area is 65.5 Å². The average molecular weight is 146 g/mol. The summed E-state index contributed by atoms with van der Waals surface area (Å²) in [7, 11) is 0. The van der Waals surface area contributed by atoms with Crippen LogP contribution >= 0.6 is 0 Å². The van der Waals surface area contributed by atoms with E-state index in [0.29, 0.717) is 0 Å². The minimum atomic E-state index is 0.772. The highest BCUT2D eigenvalue weighted by Crippen LogP contribution is 2.28. The maximum Gasteiger partial charge on any atom is 0.145 e. The van der Waals surface area contributed by atoms with Crippen molar-refractivity contribution in [1.29, 1.82) is 0 Å². The molecule has 2 nitrogen and oxygen atoms in total. The Bertz CT molecular complexity index is 281. The van der Waals surface area contributed by atoms with Crippen molar-refractivity contribution in [3.63, 3.8) is 0 Å². The molecule has 11 heavy (non-hydrogen) atoms. The van der Waals surface area contributed by atoms with Crippen LogP contribution in [0.2, 0.25) is 0 Å². The van der Waals surface area contributed by atoms with Crippen LogP contribution in [0, 0.1) is 6.61 Å². The van der Waals surface area contributed by atoms with Crippen molar-refractivity contribution in [2.45, 2.75) is 6.42 Å². The molecule has 1 aromatic carbocycles. The first-order chi connectivity index (χ1) is 5.47. The van der Waals surface area contributed by atoms with Crippen LogP contribution in [0.5, 0.6) is 5.75 Å². The summed E-state index contributed by atoms with van der Waals surface area (Å²) in [4.78, 5) is 4.21. The Hall–Kier alpha value is -1.31. The van der Waals surface area contributed by atoms with Crippen LogP contribution in [0.4, 0.5) is 5.69 Å². The van der Waals surface area contributed by atoms with Gasteiger partial charge in [-0.25, -0.2) is 0 Å². The topological polar surface area (TPSA) is 21.6 Å². The lowest BCUT2D eigenvalue weighted by molar-refractivity contribution is 0.412. The van der Waals surface area contributed by atoms with E-state index in [9.17, 15) is 0 Å². The summed E-state index contributed by atoms with van der Waals surface area (Å²) in [5, 5.41) is 0. The van der Waals surface area contributed by atoms with Gasteiger partial charge in [0.1, 0.15) is 18.0 Å². The molecule has 1 aliphatic heterocycles. The van der Waals surface area contributed by atoms with Crippen LogP contribution in [0.15, 0.2) is 29.3 Å². The van der Waals surface area contributed by atoms with Crippen LogP contribution in [0.3, 0.4) is 0 Å². The van der Waals surface area contributed by atoms with Gasteiger partial charge in [-0.05, 0) is 12.1 Å². The first-order valence-corrected chi connectivity index (χ1v) is 3.57. The second kappa shape index (κ2) is 2.74.